The second kappa shape index (κ2) is 6.90. The maximum absolute atomic E-state index is 6.09. The molecule has 106 valence electrons. The van der Waals surface area contributed by atoms with Gasteiger partial charge in [-0.15, -0.1) is 0 Å². The summed E-state index contributed by atoms with van der Waals surface area (Å²) < 4.78 is 0.823. The van der Waals surface area contributed by atoms with Gasteiger partial charge in [-0.25, -0.2) is 9.97 Å². The average molecular weight is 356 g/mol. The Morgan fingerprint density at radius 1 is 1.25 bits per heavy atom. The summed E-state index contributed by atoms with van der Waals surface area (Å²) in [6.45, 7) is 2.11. The summed E-state index contributed by atoms with van der Waals surface area (Å²) in [5, 5.41) is 6.97. The van der Waals surface area contributed by atoms with E-state index in [0.717, 1.165) is 40.5 Å². The standard InChI is InChI=1S/C14H16BrClN4/c1-3-5-11-19-12(17-2)8-13(20-11)18-10-7-4-6-9(16)14(10)15/h4,6-8H,3,5H2,1-2H3,(H2,17,18,19,20). The summed E-state index contributed by atoms with van der Waals surface area (Å²) in [6, 6.07) is 7.53. The number of hydrogen-bond acceptors (Lipinski definition) is 4. The van der Waals surface area contributed by atoms with Crippen LogP contribution in [-0.4, -0.2) is 17.0 Å². The minimum Gasteiger partial charge on any atom is -0.373 e. The minimum atomic E-state index is 0.659. The van der Waals surface area contributed by atoms with Gasteiger partial charge in [0.05, 0.1) is 15.2 Å². The number of aryl methyl sites for hydroxylation is 1. The highest BCUT2D eigenvalue weighted by Crippen LogP contribution is 2.32. The fourth-order valence-electron chi connectivity index (χ4n) is 1.76. The molecule has 0 spiro atoms. The zero-order valence-electron chi connectivity index (χ0n) is 11.4. The molecule has 0 unspecified atom stereocenters. The molecule has 0 fully saturated rings. The third-order valence-corrected chi connectivity index (χ3v) is 4.11. The third-order valence-electron chi connectivity index (χ3n) is 2.72. The van der Waals surface area contributed by atoms with E-state index in [4.69, 9.17) is 11.6 Å². The molecule has 1 aromatic heterocycles. The molecule has 0 bridgehead atoms. The third kappa shape index (κ3) is 3.61. The number of aromatic nitrogens is 2. The number of nitrogens with one attached hydrogen (secondary N) is 2. The van der Waals surface area contributed by atoms with E-state index in [0.29, 0.717) is 5.02 Å². The van der Waals surface area contributed by atoms with Gasteiger partial charge in [-0.2, -0.15) is 0 Å². The lowest BCUT2D eigenvalue weighted by Gasteiger charge is -2.11. The zero-order valence-corrected chi connectivity index (χ0v) is 13.7. The van der Waals surface area contributed by atoms with Crippen LogP contribution in [0.2, 0.25) is 5.02 Å². The van der Waals surface area contributed by atoms with Crippen LogP contribution < -0.4 is 10.6 Å². The molecule has 0 saturated carbocycles. The Morgan fingerprint density at radius 2 is 2.00 bits per heavy atom. The van der Waals surface area contributed by atoms with Gasteiger partial charge in [0.15, 0.2) is 0 Å². The van der Waals surface area contributed by atoms with Crippen molar-refractivity contribution in [3.63, 3.8) is 0 Å². The Balaban J connectivity index is 2.32. The van der Waals surface area contributed by atoms with E-state index >= 15 is 0 Å². The Kier molecular flexibility index (Phi) is 5.20. The van der Waals surface area contributed by atoms with Crippen molar-refractivity contribution in [3.05, 3.63) is 39.6 Å². The maximum atomic E-state index is 6.09. The Hall–Kier alpha value is -1.33. The van der Waals surface area contributed by atoms with Crippen molar-refractivity contribution in [2.75, 3.05) is 17.7 Å². The van der Waals surface area contributed by atoms with Gasteiger partial charge >= 0.3 is 0 Å². The van der Waals surface area contributed by atoms with Crippen LogP contribution in [0.4, 0.5) is 17.3 Å². The van der Waals surface area contributed by atoms with Gasteiger partial charge in [0.25, 0.3) is 0 Å². The van der Waals surface area contributed by atoms with Crippen LogP contribution in [0.5, 0.6) is 0 Å². The summed E-state index contributed by atoms with van der Waals surface area (Å²) in [5.74, 6) is 2.36. The van der Waals surface area contributed by atoms with Crippen LogP contribution in [0.15, 0.2) is 28.7 Å². The predicted molar refractivity (Wildman–Crippen MR) is 88.0 cm³/mol. The zero-order chi connectivity index (χ0) is 14.5. The van der Waals surface area contributed by atoms with E-state index in [1.165, 1.54) is 0 Å². The topological polar surface area (TPSA) is 49.8 Å². The van der Waals surface area contributed by atoms with Gasteiger partial charge in [0.2, 0.25) is 0 Å². The fourth-order valence-corrected chi connectivity index (χ4v) is 2.30. The van der Waals surface area contributed by atoms with Gasteiger partial charge in [-0.3, -0.25) is 0 Å². The van der Waals surface area contributed by atoms with Crippen molar-refractivity contribution in [3.8, 4) is 0 Å². The predicted octanol–water partition coefficient (Wildman–Crippen LogP) is 4.63. The highest BCUT2D eigenvalue weighted by atomic mass is 79.9. The number of anilines is 3. The van der Waals surface area contributed by atoms with E-state index in [-0.39, 0.29) is 0 Å². The molecule has 1 aromatic carbocycles. The van der Waals surface area contributed by atoms with Crippen molar-refractivity contribution >= 4 is 44.9 Å². The van der Waals surface area contributed by atoms with Crippen molar-refractivity contribution in [2.45, 2.75) is 19.8 Å². The number of halogens is 2. The number of benzene rings is 1. The molecule has 0 saturated heterocycles. The molecule has 2 N–H and O–H groups in total. The number of rotatable bonds is 5. The molecule has 0 atom stereocenters. The first-order valence-corrected chi connectivity index (χ1v) is 7.58. The Labute approximate surface area is 132 Å². The molecule has 1 heterocycles. The highest BCUT2D eigenvalue weighted by molar-refractivity contribution is 9.10. The van der Waals surface area contributed by atoms with Crippen LogP contribution in [-0.2, 0) is 6.42 Å². The van der Waals surface area contributed by atoms with Crippen LogP contribution in [0, 0.1) is 0 Å². The highest BCUT2D eigenvalue weighted by Gasteiger charge is 2.07. The lowest BCUT2D eigenvalue weighted by molar-refractivity contribution is 0.838. The molecule has 4 nitrogen and oxygen atoms in total. The van der Waals surface area contributed by atoms with Crippen LogP contribution in [0.3, 0.4) is 0 Å². The number of nitrogens with zero attached hydrogens (tertiary/aromatic N) is 2. The quantitative estimate of drug-likeness (QED) is 0.821. The van der Waals surface area contributed by atoms with Gasteiger partial charge in [-0.05, 0) is 34.5 Å². The van der Waals surface area contributed by atoms with Gasteiger partial charge in [0, 0.05) is 19.5 Å². The molecular weight excluding hydrogens is 340 g/mol. The largest absolute Gasteiger partial charge is 0.373 e. The summed E-state index contributed by atoms with van der Waals surface area (Å²) in [6.07, 6.45) is 1.86. The molecule has 0 aliphatic carbocycles. The van der Waals surface area contributed by atoms with E-state index in [1.807, 2.05) is 31.3 Å². The van der Waals surface area contributed by atoms with E-state index in [2.05, 4.69) is 43.5 Å². The van der Waals surface area contributed by atoms with Crippen molar-refractivity contribution in [2.24, 2.45) is 0 Å². The monoisotopic (exact) mass is 354 g/mol. The van der Waals surface area contributed by atoms with E-state index < -0.39 is 0 Å². The molecule has 0 amide bonds. The van der Waals surface area contributed by atoms with Gasteiger partial charge in [0.1, 0.15) is 17.5 Å². The normalized spacial score (nSPS) is 10.4. The Morgan fingerprint density at radius 3 is 2.70 bits per heavy atom. The summed E-state index contributed by atoms with van der Waals surface area (Å²) in [5.41, 5.74) is 0.876. The smallest absolute Gasteiger partial charge is 0.136 e. The lowest BCUT2D eigenvalue weighted by atomic mass is 10.3. The molecule has 2 aromatic rings. The minimum absolute atomic E-state index is 0.659. The van der Waals surface area contributed by atoms with Gasteiger partial charge < -0.3 is 10.6 Å². The van der Waals surface area contributed by atoms with Crippen LogP contribution in [0.1, 0.15) is 19.2 Å². The molecule has 0 aliphatic heterocycles. The second-order valence-corrected chi connectivity index (χ2v) is 5.48. The second-order valence-electron chi connectivity index (χ2n) is 4.28. The molecular formula is C14H16BrClN4. The SMILES string of the molecule is CCCc1nc(NC)cc(Nc2cccc(Cl)c2Br)n1. The summed E-state index contributed by atoms with van der Waals surface area (Å²) >= 11 is 9.56. The van der Waals surface area contributed by atoms with Crippen molar-refractivity contribution in [1.82, 2.24) is 9.97 Å². The molecule has 0 radical (unpaired) electrons. The molecule has 2 rings (SSSR count). The maximum Gasteiger partial charge on any atom is 0.136 e. The first-order chi connectivity index (χ1) is 9.63. The lowest BCUT2D eigenvalue weighted by Crippen LogP contribution is -2.04. The van der Waals surface area contributed by atoms with Crippen molar-refractivity contribution in [1.29, 1.82) is 0 Å². The summed E-state index contributed by atoms with van der Waals surface area (Å²) in [7, 11) is 1.84. The summed E-state index contributed by atoms with van der Waals surface area (Å²) in [4.78, 5) is 8.93. The van der Waals surface area contributed by atoms with Crippen molar-refractivity contribution < 1.29 is 0 Å². The first-order valence-electron chi connectivity index (χ1n) is 6.40. The molecule has 20 heavy (non-hydrogen) atoms. The molecule has 6 heteroatoms. The molecule has 0 aliphatic rings. The van der Waals surface area contributed by atoms with Crippen LogP contribution in [0.25, 0.3) is 0 Å². The van der Waals surface area contributed by atoms with E-state index in [9.17, 15) is 0 Å². The average Bonchev–Trinajstić information content (AvgIpc) is 2.44. The fraction of sp³-hybridized carbons (Fsp3) is 0.286. The Bertz CT molecular complexity index is 604. The van der Waals surface area contributed by atoms with E-state index in [1.54, 1.807) is 0 Å². The van der Waals surface area contributed by atoms with Crippen LogP contribution >= 0.6 is 27.5 Å². The first kappa shape index (κ1) is 15.1. The van der Waals surface area contributed by atoms with Gasteiger partial charge in [-0.1, -0.05) is 24.6 Å². The number of hydrogen-bond donors (Lipinski definition) is 2.